The summed E-state index contributed by atoms with van der Waals surface area (Å²) in [5.74, 6) is 0.716. The summed E-state index contributed by atoms with van der Waals surface area (Å²) in [6.45, 7) is 4.29. The van der Waals surface area contributed by atoms with Crippen LogP contribution in [-0.2, 0) is 0 Å². The minimum absolute atomic E-state index is 0.244. The molecule has 2 aromatic heterocycles. The summed E-state index contributed by atoms with van der Waals surface area (Å²) in [5, 5.41) is 10.7. The van der Waals surface area contributed by atoms with Crippen molar-refractivity contribution in [3.8, 4) is 11.5 Å². The van der Waals surface area contributed by atoms with Crippen molar-refractivity contribution in [1.82, 2.24) is 15.6 Å². The van der Waals surface area contributed by atoms with Crippen LogP contribution < -0.4 is 5.43 Å². The third-order valence-corrected chi connectivity index (χ3v) is 3.58. The number of aromatic nitrogens is 2. The number of carbonyl (C=O) groups is 1. The lowest BCUT2D eigenvalue weighted by atomic mass is 10.0. The summed E-state index contributed by atoms with van der Waals surface area (Å²) >= 11 is 0. The van der Waals surface area contributed by atoms with Gasteiger partial charge in [0.05, 0.1) is 12.5 Å². The van der Waals surface area contributed by atoms with Crippen molar-refractivity contribution in [2.75, 3.05) is 0 Å². The lowest BCUT2D eigenvalue weighted by Crippen LogP contribution is -2.18. The smallest absolute Gasteiger partial charge is 0.291 e. The lowest BCUT2D eigenvalue weighted by Gasteiger charge is -2.04. The molecule has 0 saturated heterocycles. The lowest BCUT2D eigenvalue weighted by molar-refractivity contribution is 0.0950. The molecular weight excluding hydrogens is 304 g/mol. The first-order valence-corrected chi connectivity index (χ1v) is 7.66. The highest BCUT2D eigenvalue weighted by atomic mass is 16.3. The molecule has 0 radical (unpaired) electrons. The maximum Gasteiger partial charge on any atom is 0.291 e. The Labute approximate surface area is 139 Å². The van der Waals surface area contributed by atoms with Gasteiger partial charge in [0.15, 0.2) is 11.5 Å². The number of hydrogen-bond acceptors (Lipinski definition) is 4. The van der Waals surface area contributed by atoms with Crippen LogP contribution in [0.1, 0.15) is 41.4 Å². The first kappa shape index (κ1) is 15.7. The van der Waals surface area contributed by atoms with E-state index < -0.39 is 0 Å². The Hall–Kier alpha value is -3.15. The van der Waals surface area contributed by atoms with Crippen molar-refractivity contribution in [2.45, 2.75) is 19.8 Å². The number of carbonyl (C=O) groups excluding carboxylic acids is 1. The van der Waals surface area contributed by atoms with E-state index in [1.807, 2.05) is 12.1 Å². The molecule has 24 heavy (non-hydrogen) atoms. The minimum Gasteiger partial charge on any atom is -0.463 e. The third-order valence-electron chi connectivity index (χ3n) is 3.58. The molecule has 6 heteroatoms. The second kappa shape index (κ2) is 6.95. The van der Waals surface area contributed by atoms with Crippen LogP contribution in [0.5, 0.6) is 0 Å². The summed E-state index contributed by atoms with van der Waals surface area (Å²) in [7, 11) is 0. The van der Waals surface area contributed by atoms with Gasteiger partial charge in [-0.3, -0.25) is 9.89 Å². The fraction of sp³-hybridized carbons (Fsp3) is 0.167. The Morgan fingerprint density at radius 1 is 1.29 bits per heavy atom. The van der Waals surface area contributed by atoms with Crippen molar-refractivity contribution < 1.29 is 9.21 Å². The summed E-state index contributed by atoms with van der Waals surface area (Å²) in [6.07, 6.45) is 3.16. The largest absolute Gasteiger partial charge is 0.463 e. The molecule has 6 nitrogen and oxygen atoms in total. The van der Waals surface area contributed by atoms with Crippen molar-refractivity contribution in [2.24, 2.45) is 5.10 Å². The van der Waals surface area contributed by atoms with Crippen LogP contribution in [0.3, 0.4) is 0 Å². The number of rotatable bonds is 5. The predicted octanol–water partition coefficient (Wildman–Crippen LogP) is 3.56. The first-order valence-electron chi connectivity index (χ1n) is 7.66. The van der Waals surface area contributed by atoms with Crippen LogP contribution in [0, 0.1) is 0 Å². The average molecular weight is 322 g/mol. The maximum absolute atomic E-state index is 12.0. The standard InChI is InChI=1S/C18H18N4O2/c1-12(2)14-7-5-13(6-8-14)11-19-22-18(23)16-10-15(20-21-16)17-4-3-9-24-17/h3-12H,1-2H3,(H,20,21)(H,22,23)/b19-11-. The van der Waals surface area contributed by atoms with Crippen molar-refractivity contribution in [1.29, 1.82) is 0 Å². The third kappa shape index (κ3) is 3.60. The monoisotopic (exact) mass is 322 g/mol. The number of nitrogens with one attached hydrogen (secondary N) is 2. The van der Waals surface area contributed by atoms with E-state index in [9.17, 15) is 4.79 Å². The minimum atomic E-state index is -0.390. The second-order valence-electron chi connectivity index (χ2n) is 5.66. The topological polar surface area (TPSA) is 83.3 Å². The molecule has 122 valence electrons. The van der Waals surface area contributed by atoms with Crippen LogP contribution in [-0.4, -0.2) is 22.3 Å². The van der Waals surface area contributed by atoms with Gasteiger partial charge in [-0.25, -0.2) is 5.43 Å². The molecule has 0 spiro atoms. The van der Waals surface area contributed by atoms with E-state index in [4.69, 9.17) is 4.42 Å². The van der Waals surface area contributed by atoms with Gasteiger partial charge in [0, 0.05) is 6.07 Å². The second-order valence-corrected chi connectivity index (χ2v) is 5.66. The van der Waals surface area contributed by atoms with Gasteiger partial charge in [-0.2, -0.15) is 10.2 Å². The fourth-order valence-corrected chi connectivity index (χ4v) is 2.19. The molecule has 3 aromatic rings. The maximum atomic E-state index is 12.0. The Morgan fingerprint density at radius 3 is 2.75 bits per heavy atom. The molecule has 0 aliphatic rings. The van der Waals surface area contributed by atoms with Gasteiger partial charge < -0.3 is 4.42 Å². The van der Waals surface area contributed by atoms with Crippen LogP contribution in [0.25, 0.3) is 11.5 Å². The predicted molar refractivity (Wildman–Crippen MR) is 91.9 cm³/mol. The van der Waals surface area contributed by atoms with E-state index in [1.54, 1.807) is 30.7 Å². The van der Waals surface area contributed by atoms with E-state index in [-0.39, 0.29) is 11.6 Å². The Bertz CT molecular complexity index is 830. The molecule has 0 unspecified atom stereocenters. The Kier molecular flexibility index (Phi) is 4.56. The average Bonchev–Trinajstić information content (AvgIpc) is 3.26. The fourth-order valence-electron chi connectivity index (χ4n) is 2.19. The zero-order valence-electron chi connectivity index (χ0n) is 13.5. The van der Waals surface area contributed by atoms with Crippen LogP contribution in [0.4, 0.5) is 0 Å². The van der Waals surface area contributed by atoms with Gasteiger partial charge in [0.1, 0.15) is 5.69 Å². The summed E-state index contributed by atoms with van der Waals surface area (Å²) in [6, 6.07) is 13.2. The highest BCUT2D eigenvalue weighted by Gasteiger charge is 2.11. The zero-order chi connectivity index (χ0) is 16.9. The molecule has 0 bridgehead atoms. The molecule has 0 atom stereocenters. The number of hydrogen-bond donors (Lipinski definition) is 2. The van der Waals surface area contributed by atoms with Gasteiger partial charge in [0.2, 0.25) is 0 Å². The molecule has 2 heterocycles. The Morgan fingerprint density at radius 2 is 2.08 bits per heavy atom. The number of hydrazone groups is 1. The number of nitrogens with zero attached hydrogens (tertiary/aromatic N) is 2. The number of amides is 1. The zero-order valence-corrected chi connectivity index (χ0v) is 13.5. The van der Waals surface area contributed by atoms with E-state index in [0.29, 0.717) is 17.4 Å². The van der Waals surface area contributed by atoms with Gasteiger partial charge in [0.25, 0.3) is 5.91 Å². The quantitative estimate of drug-likeness (QED) is 0.556. The van der Waals surface area contributed by atoms with Crippen molar-refractivity contribution in [3.63, 3.8) is 0 Å². The normalized spacial score (nSPS) is 11.3. The van der Waals surface area contributed by atoms with Gasteiger partial charge in [-0.15, -0.1) is 0 Å². The van der Waals surface area contributed by atoms with E-state index in [1.165, 1.54) is 5.56 Å². The van der Waals surface area contributed by atoms with Crippen molar-refractivity contribution >= 4 is 12.1 Å². The molecule has 1 aromatic carbocycles. The number of H-pyrrole nitrogens is 1. The van der Waals surface area contributed by atoms with Gasteiger partial charge in [-0.1, -0.05) is 38.1 Å². The molecule has 0 saturated carbocycles. The molecule has 2 N–H and O–H groups in total. The van der Waals surface area contributed by atoms with Crippen LogP contribution in [0.15, 0.2) is 58.2 Å². The van der Waals surface area contributed by atoms with E-state index in [2.05, 4.69) is 46.7 Å². The molecule has 0 aliphatic carbocycles. The van der Waals surface area contributed by atoms with Gasteiger partial charge >= 0.3 is 0 Å². The number of benzene rings is 1. The Balaban J connectivity index is 1.61. The summed E-state index contributed by atoms with van der Waals surface area (Å²) < 4.78 is 5.25. The number of furan rings is 1. The molecule has 0 fully saturated rings. The van der Waals surface area contributed by atoms with Gasteiger partial charge in [-0.05, 0) is 29.2 Å². The van der Waals surface area contributed by atoms with Crippen molar-refractivity contribution in [3.05, 3.63) is 65.5 Å². The van der Waals surface area contributed by atoms with E-state index >= 15 is 0 Å². The molecule has 3 rings (SSSR count). The number of aromatic amines is 1. The van der Waals surface area contributed by atoms with Crippen LogP contribution >= 0.6 is 0 Å². The highest BCUT2D eigenvalue weighted by Crippen LogP contribution is 2.17. The van der Waals surface area contributed by atoms with Crippen LogP contribution in [0.2, 0.25) is 0 Å². The molecule has 0 aliphatic heterocycles. The SMILES string of the molecule is CC(C)c1ccc(/C=N\NC(=O)c2cc(-c3ccco3)[nH]n2)cc1. The summed E-state index contributed by atoms with van der Waals surface area (Å²) in [5.41, 5.74) is 5.52. The summed E-state index contributed by atoms with van der Waals surface area (Å²) in [4.78, 5) is 12.0. The molecular formula is C18H18N4O2. The first-order chi connectivity index (χ1) is 11.6. The van der Waals surface area contributed by atoms with E-state index in [0.717, 1.165) is 5.56 Å². The highest BCUT2D eigenvalue weighted by molar-refractivity contribution is 5.93. The molecule has 1 amide bonds.